The summed E-state index contributed by atoms with van der Waals surface area (Å²) in [5.74, 6) is -5.06. The summed E-state index contributed by atoms with van der Waals surface area (Å²) in [5, 5.41) is 32.6. The third-order valence-corrected chi connectivity index (χ3v) is 7.51. The van der Waals surface area contributed by atoms with Crippen molar-refractivity contribution in [2.45, 2.75) is 64.4 Å². The highest BCUT2D eigenvalue weighted by Crippen LogP contribution is 2.19. The monoisotopic (exact) mass is 636 g/mol. The summed E-state index contributed by atoms with van der Waals surface area (Å²) in [6.07, 6.45) is 2.65. The second kappa shape index (κ2) is 15.3. The number of nitriles is 1. The van der Waals surface area contributed by atoms with Crippen LogP contribution in [0.15, 0.2) is 24.5 Å². The SMILES string of the molecule is CC(C)C(C)(C#N)NC(=O)c1ncc(CCl)cc1C(=O)O.CC(C)C(C)(NC(=O)c1ncc(CCl)cc1C(=O)O)C(N)=O. The van der Waals surface area contributed by atoms with Crippen LogP contribution in [-0.2, 0) is 16.6 Å². The summed E-state index contributed by atoms with van der Waals surface area (Å²) in [4.78, 5) is 66.4. The van der Waals surface area contributed by atoms with Crippen LogP contribution in [0.25, 0.3) is 0 Å². The van der Waals surface area contributed by atoms with Gasteiger partial charge in [0.1, 0.15) is 22.5 Å². The Morgan fingerprint density at radius 3 is 1.53 bits per heavy atom. The van der Waals surface area contributed by atoms with Gasteiger partial charge in [-0.15, -0.1) is 23.2 Å². The molecule has 13 nitrogen and oxygen atoms in total. The maximum Gasteiger partial charge on any atom is 0.338 e. The smallest absolute Gasteiger partial charge is 0.338 e. The molecule has 3 amide bonds. The van der Waals surface area contributed by atoms with E-state index in [2.05, 4.69) is 20.6 Å². The molecule has 2 aromatic heterocycles. The van der Waals surface area contributed by atoms with Crippen molar-refractivity contribution in [3.63, 3.8) is 0 Å². The number of carboxylic acid groups (broad SMARTS) is 2. The predicted molar refractivity (Wildman–Crippen MR) is 158 cm³/mol. The maximum atomic E-state index is 12.3. The topological polar surface area (TPSA) is 225 Å². The van der Waals surface area contributed by atoms with Crippen LogP contribution in [-0.4, -0.2) is 60.9 Å². The Morgan fingerprint density at radius 2 is 1.26 bits per heavy atom. The van der Waals surface area contributed by atoms with E-state index in [-0.39, 0.29) is 46.1 Å². The highest BCUT2D eigenvalue weighted by molar-refractivity contribution is 6.17. The Morgan fingerprint density at radius 1 is 0.860 bits per heavy atom. The lowest BCUT2D eigenvalue weighted by Crippen LogP contribution is -2.58. The maximum absolute atomic E-state index is 12.3. The van der Waals surface area contributed by atoms with E-state index in [1.165, 1.54) is 31.5 Å². The summed E-state index contributed by atoms with van der Waals surface area (Å²) < 4.78 is 0. The fraction of sp³-hybridized carbons (Fsp3) is 0.429. The Labute approximate surface area is 258 Å². The number of nitrogens with one attached hydrogen (secondary N) is 2. The highest BCUT2D eigenvalue weighted by Gasteiger charge is 2.37. The van der Waals surface area contributed by atoms with Crippen molar-refractivity contribution < 1.29 is 34.2 Å². The number of nitrogens with two attached hydrogens (primary N) is 1. The van der Waals surface area contributed by atoms with Gasteiger partial charge in [-0.1, -0.05) is 27.7 Å². The fourth-order valence-corrected chi connectivity index (χ4v) is 3.52. The number of amides is 3. The number of nitrogens with zero attached hydrogens (tertiary/aromatic N) is 3. The van der Waals surface area contributed by atoms with Gasteiger partial charge in [0, 0.05) is 24.2 Å². The van der Waals surface area contributed by atoms with Crippen molar-refractivity contribution in [3.8, 4) is 6.07 Å². The number of pyridine rings is 2. The van der Waals surface area contributed by atoms with Gasteiger partial charge in [-0.05, 0) is 48.9 Å². The molecule has 6 N–H and O–H groups in total. The number of carboxylic acids is 2. The Balaban J connectivity index is 0.000000430. The molecule has 0 aliphatic rings. The number of rotatable bonds is 11. The zero-order valence-electron chi connectivity index (χ0n) is 24.5. The summed E-state index contributed by atoms with van der Waals surface area (Å²) in [5.41, 5.74) is 2.81. The number of aromatic nitrogens is 2. The van der Waals surface area contributed by atoms with Gasteiger partial charge in [-0.2, -0.15) is 5.26 Å². The normalized spacial score (nSPS) is 13.4. The molecule has 0 radical (unpaired) electrons. The molecule has 2 aromatic rings. The lowest BCUT2D eigenvalue weighted by molar-refractivity contribution is -0.125. The second-order valence-corrected chi connectivity index (χ2v) is 11.0. The number of carbonyl (C=O) groups is 5. The number of halogens is 2. The van der Waals surface area contributed by atoms with Crippen molar-refractivity contribution in [1.82, 2.24) is 20.6 Å². The van der Waals surface area contributed by atoms with E-state index >= 15 is 0 Å². The van der Waals surface area contributed by atoms with Crippen LogP contribution in [0.2, 0.25) is 0 Å². The van der Waals surface area contributed by atoms with Crippen molar-refractivity contribution in [2.75, 3.05) is 0 Å². The molecule has 0 bridgehead atoms. The van der Waals surface area contributed by atoms with E-state index in [4.69, 9.17) is 28.9 Å². The van der Waals surface area contributed by atoms with Crippen LogP contribution in [0, 0.1) is 23.2 Å². The molecule has 0 fully saturated rings. The number of hydrogen-bond donors (Lipinski definition) is 5. The summed E-state index contributed by atoms with van der Waals surface area (Å²) in [7, 11) is 0. The largest absolute Gasteiger partial charge is 0.478 e. The van der Waals surface area contributed by atoms with Gasteiger partial charge in [-0.25, -0.2) is 19.6 Å². The number of aromatic carboxylic acids is 2. The van der Waals surface area contributed by atoms with Crippen molar-refractivity contribution >= 4 is 52.9 Å². The van der Waals surface area contributed by atoms with Crippen LogP contribution in [0.3, 0.4) is 0 Å². The quantitative estimate of drug-likeness (QED) is 0.226. The Kier molecular flexibility index (Phi) is 13.0. The molecule has 0 aliphatic heterocycles. The van der Waals surface area contributed by atoms with E-state index in [1.807, 2.05) is 6.07 Å². The van der Waals surface area contributed by atoms with Gasteiger partial charge in [0.15, 0.2) is 0 Å². The number of carbonyl (C=O) groups excluding carboxylic acids is 3. The van der Waals surface area contributed by atoms with Crippen molar-refractivity contribution in [3.05, 3.63) is 58.2 Å². The molecule has 2 rings (SSSR count). The van der Waals surface area contributed by atoms with Gasteiger partial charge in [0.25, 0.3) is 11.8 Å². The molecule has 0 aliphatic carbocycles. The molecular weight excluding hydrogens is 603 g/mol. The molecular formula is C28H34Cl2N6O7. The van der Waals surface area contributed by atoms with Crippen molar-refractivity contribution in [2.24, 2.45) is 17.6 Å². The third-order valence-electron chi connectivity index (χ3n) is 6.89. The molecule has 0 aromatic carbocycles. The first-order valence-corrected chi connectivity index (χ1v) is 13.9. The van der Waals surface area contributed by atoms with Crippen LogP contribution >= 0.6 is 23.2 Å². The van der Waals surface area contributed by atoms with Crippen molar-refractivity contribution in [1.29, 1.82) is 5.26 Å². The van der Waals surface area contributed by atoms with Crippen LogP contribution in [0.5, 0.6) is 0 Å². The molecule has 2 heterocycles. The standard InChI is InChI=1S/C14H18ClN3O4.C14H16ClN3O3/c1-7(2)14(3,13(16)22)18-11(19)10-9(12(20)21)4-8(5-15)6-17-10;1-8(2)14(3,7-16)18-12(19)11-10(13(20)21)4-9(5-15)6-17-11/h4,6-7H,5H2,1-3H3,(H2,16,22)(H,18,19)(H,20,21);4,6,8H,5H2,1-3H3,(H,18,19)(H,20,21). The summed E-state index contributed by atoms with van der Waals surface area (Å²) in [6.45, 7) is 10.0. The average Bonchev–Trinajstić information content (AvgIpc) is 2.95. The number of alkyl halides is 2. The molecule has 0 saturated heterocycles. The van der Waals surface area contributed by atoms with Gasteiger partial charge in [0.05, 0.1) is 17.2 Å². The van der Waals surface area contributed by atoms with E-state index in [0.717, 1.165) is 0 Å². The molecule has 43 heavy (non-hydrogen) atoms. The Hall–Kier alpha value is -4.28. The average molecular weight is 638 g/mol. The zero-order chi connectivity index (χ0) is 33.3. The number of primary amides is 1. The lowest BCUT2D eigenvalue weighted by Gasteiger charge is -2.31. The minimum Gasteiger partial charge on any atom is -0.478 e. The Bertz CT molecular complexity index is 1440. The summed E-state index contributed by atoms with van der Waals surface area (Å²) in [6, 6.07) is 4.60. The molecule has 15 heteroatoms. The van der Waals surface area contributed by atoms with Gasteiger partial charge >= 0.3 is 11.9 Å². The molecule has 2 unspecified atom stereocenters. The fourth-order valence-electron chi connectivity index (χ4n) is 3.23. The zero-order valence-corrected chi connectivity index (χ0v) is 26.0. The molecule has 232 valence electrons. The molecule has 2 atom stereocenters. The van der Waals surface area contributed by atoms with Gasteiger partial charge < -0.3 is 26.6 Å². The van der Waals surface area contributed by atoms with Crippen LogP contribution < -0.4 is 16.4 Å². The second-order valence-electron chi connectivity index (χ2n) is 10.5. The first kappa shape index (κ1) is 36.7. The van der Waals surface area contributed by atoms with E-state index in [1.54, 1.807) is 34.6 Å². The predicted octanol–water partition coefficient (Wildman–Crippen LogP) is 3.34. The molecule has 0 saturated carbocycles. The van der Waals surface area contributed by atoms with Crippen LogP contribution in [0.1, 0.15) is 94.4 Å². The lowest BCUT2D eigenvalue weighted by atomic mass is 9.87. The van der Waals surface area contributed by atoms with Gasteiger partial charge in [-0.3, -0.25) is 14.4 Å². The number of hydrogen-bond acceptors (Lipinski definition) is 8. The first-order chi connectivity index (χ1) is 19.9. The summed E-state index contributed by atoms with van der Waals surface area (Å²) >= 11 is 11.3. The highest BCUT2D eigenvalue weighted by atomic mass is 35.5. The van der Waals surface area contributed by atoms with E-state index in [0.29, 0.717) is 11.1 Å². The molecule has 0 spiro atoms. The minimum absolute atomic E-state index is 0.0696. The van der Waals surface area contributed by atoms with E-state index in [9.17, 15) is 39.4 Å². The first-order valence-electron chi connectivity index (χ1n) is 12.8. The van der Waals surface area contributed by atoms with Gasteiger partial charge in [0.2, 0.25) is 5.91 Å². The minimum atomic E-state index is -1.32. The third kappa shape index (κ3) is 9.10. The van der Waals surface area contributed by atoms with E-state index < -0.39 is 40.7 Å². The van der Waals surface area contributed by atoms with Crippen LogP contribution in [0.4, 0.5) is 0 Å².